The lowest BCUT2D eigenvalue weighted by molar-refractivity contribution is -0.116. The SMILES string of the molecule is CNC1C(Oc2ccc3c(c2)CCC(=O)N3)CCC1(C)C. The Kier molecular flexibility index (Phi) is 3.66. The summed E-state index contributed by atoms with van der Waals surface area (Å²) < 4.78 is 6.23. The predicted octanol–water partition coefficient (Wildman–Crippen LogP) is 2.73. The Hall–Kier alpha value is -1.55. The van der Waals surface area contributed by atoms with Crippen molar-refractivity contribution in [2.24, 2.45) is 5.41 Å². The molecule has 0 saturated heterocycles. The summed E-state index contributed by atoms with van der Waals surface area (Å²) in [7, 11) is 2.01. The Labute approximate surface area is 126 Å². The molecule has 2 aliphatic rings. The molecule has 1 fully saturated rings. The molecule has 1 aromatic rings. The fraction of sp³-hybridized carbons (Fsp3) is 0.588. The van der Waals surface area contributed by atoms with Gasteiger partial charge in [0.05, 0.1) is 0 Å². The monoisotopic (exact) mass is 288 g/mol. The number of anilines is 1. The van der Waals surface area contributed by atoms with Gasteiger partial charge in [0.2, 0.25) is 5.91 Å². The van der Waals surface area contributed by atoms with Gasteiger partial charge in [-0.3, -0.25) is 4.79 Å². The number of amides is 1. The first kappa shape index (κ1) is 14.4. The highest BCUT2D eigenvalue weighted by Crippen LogP contribution is 2.39. The molecule has 1 heterocycles. The largest absolute Gasteiger partial charge is 0.489 e. The molecule has 114 valence electrons. The molecule has 2 atom stereocenters. The van der Waals surface area contributed by atoms with Gasteiger partial charge < -0.3 is 15.4 Å². The van der Waals surface area contributed by atoms with Crippen molar-refractivity contribution in [1.29, 1.82) is 0 Å². The number of nitrogens with one attached hydrogen (secondary N) is 2. The number of likely N-dealkylation sites (N-methyl/N-ethyl adjacent to an activating group) is 1. The Morgan fingerprint density at radius 2 is 2.14 bits per heavy atom. The maximum atomic E-state index is 11.4. The van der Waals surface area contributed by atoms with E-state index in [-0.39, 0.29) is 17.4 Å². The van der Waals surface area contributed by atoms with E-state index >= 15 is 0 Å². The van der Waals surface area contributed by atoms with Crippen LogP contribution >= 0.6 is 0 Å². The van der Waals surface area contributed by atoms with E-state index in [1.54, 1.807) is 0 Å². The number of ether oxygens (including phenoxy) is 1. The number of fused-ring (bicyclic) bond motifs is 1. The highest BCUT2D eigenvalue weighted by atomic mass is 16.5. The Balaban J connectivity index is 1.75. The zero-order chi connectivity index (χ0) is 15.0. The zero-order valence-electron chi connectivity index (χ0n) is 13.0. The molecule has 0 radical (unpaired) electrons. The maximum Gasteiger partial charge on any atom is 0.224 e. The van der Waals surface area contributed by atoms with Gasteiger partial charge in [-0.05, 0) is 55.5 Å². The van der Waals surface area contributed by atoms with Crippen LogP contribution in [0.2, 0.25) is 0 Å². The van der Waals surface area contributed by atoms with Crippen molar-refractivity contribution in [3.63, 3.8) is 0 Å². The first-order chi connectivity index (χ1) is 9.99. The van der Waals surface area contributed by atoms with Crippen molar-refractivity contribution in [1.82, 2.24) is 5.32 Å². The lowest BCUT2D eigenvalue weighted by atomic mass is 9.87. The highest BCUT2D eigenvalue weighted by molar-refractivity contribution is 5.93. The highest BCUT2D eigenvalue weighted by Gasteiger charge is 2.42. The average Bonchev–Trinajstić information content (AvgIpc) is 2.73. The second kappa shape index (κ2) is 5.34. The average molecular weight is 288 g/mol. The molecule has 1 aliphatic heterocycles. The van der Waals surface area contributed by atoms with Gasteiger partial charge in [-0.25, -0.2) is 0 Å². The van der Waals surface area contributed by atoms with Gasteiger partial charge in [-0.15, -0.1) is 0 Å². The summed E-state index contributed by atoms with van der Waals surface area (Å²) in [5.74, 6) is 1.01. The zero-order valence-corrected chi connectivity index (χ0v) is 13.0. The van der Waals surface area contributed by atoms with Crippen molar-refractivity contribution in [2.45, 2.75) is 51.7 Å². The molecule has 4 nitrogen and oxygen atoms in total. The minimum Gasteiger partial charge on any atom is -0.489 e. The van der Waals surface area contributed by atoms with Crippen molar-refractivity contribution in [3.05, 3.63) is 23.8 Å². The van der Waals surface area contributed by atoms with Gasteiger partial charge in [-0.1, -0.05) is 13.8 Å². The first-order valence-corrected chi connectivity index (χ1v) is 7.76. The van der Waals surface area contributed by atoms with Crippen LogP contribution in [0, 0.1) is 5.41 Å². The molecule has 1 aromatic carbocycles. The fourth-order valence-corrected chi connectivity index (χ4v) is 3.65. The van der Waals surface area contributed by atoms with E-state index < -0.39 is 0 Å². The van der Waals surface area contributed by atoms with Gasteiger partial charge in [0, 0.05) is 18.2 Å². The summed E-state index contributed by atoms with van der Waals surface area (Å²) in [6.07, 6.45) is 3.81. The lowest BCUT2D eigenvalue weighted by Gasteiger charge is -2.30. The minimum atomic E-state index is 0.101. The molecule has 0 bridgehead atoms. The van der Waals surface area contributed by atoms with Gasteiger partial charge in [0.25, 0.3) is 0 Å². The van der Waals surface area contributed by atoms with Crippen LogP contribution in [-0.2, 0) is 11.2 Å². The predicted molar refractivity (Wildman–Crippen MR) is 83.7 cm³/mol. The summed E-state index contributed by atoms with van der Waals surface area (Å²) in [4.78, 5) is 11.4. The van der Waals surface area contributed by atoms with Crippen LogP contribution in [-0.4, -0.2) is 25.1 Å². The molecule has 4 heteroatoms. The molecule has 0 aromatic heterocycles. The van der Waals surface area contributed by atoms with Crippen LogP contribution in [0.15, 0.2) is 18.2 Å². The fourth-order valence-electron chi connectivity index (χ4n) is 3.65. The Morgan fingerprint density at radius 1 is 1.33 bits per heavy atom. The van der Waals surface area contributed by atoms with Gasteiger partial charge >= 0.3 is 0 Å². The van der Waals surface area contributed by atoms with Crippen LogP contribution in [0.4, 0.5) is 5.69 Å². The molecule has 1 amide bonds. The maximum absolute atomic E-state index is 11.4. The number of carbonyl (C=O) groups is 1. The van der Waals surface area contributed by atoms with Gasteiger partial charge in [0.15, 0.2) is 0 Å². The van der Waals surface area contributed by atoms with E-state index in [1.165, 1.54) is 12.0 Å². The molecule has 1 saturated carbocycles. The van der Waals surface area contributed by atoms with E-state index in [0.717, 1.165) is 24.3 Å². The van der Waals surface area contributed by atoms with Gasteiger partial charge in [-0.2, -0.15) is 0 Å². The summed E-state index contributed by atoms with van der Waals surface area (Å²) >= 11 is 0. The number of rotatable bonds is 3. The van der Waals surface area contributed by atoms with Gasteiger partial charge in [0.1, 0.15) is 11.9 Å². The summed E-state index contributed by atoms with van der Waals surface area (Å²) in [5, 5.41) is 6.32. The molecular formula is C17H24N2O2. The third-order valence-corrected chi connectivity index (χ3v) is 4.86. The normalized spacial score (nSPS) is 27.1. The summed E-state index contributed by atoms with van der Waals surface area (Å²) in [6, 6.07) is 6.36. The molecule has 2 N–H and O–H groups in total. The topological polar surface area (TPSA) is 50.4 Å². The van der Waals surface area contributed by atoms with E-state index in [2.05, 4.69) is 30.5 Å². The Morgan fingerprint density at radius 3 is 2.90 bits per heavy atom. The molecule has 3 rings (SSSR count). The first-order valence-electron chi connectivity index (χ1n) is 7.76. The summed E-state index contributed by atoms with van der Waals surface area (Å²) in [5.41, 5.74) is 2.36. The molecule has 21 heavy (non-hydrogen) atoms. The second-order valence-corrected chi connectivity index (χ2v) is 6.82. The summed E-state index contributed by atoms with van der Waals surface area (Å²) in [6.45, 7) is 4.58. The third kappa shape index (κ3) is 2.77. The number of hydrogen-bond donors (Lipinski definition) is 2. The third-order valence-electron chi connectivity index (χ3n) is 4.86. The van der Waals surface area contributed by atoms with Crippen LogP contribution in [0.25, 0.3) is 0 Å². The standard InChI is InChI=1S/C17H24N2O2/c1-17(2)9-8-14(16(17)18-3)21-12-5-6-13-11(10-12)4-7-15(20)19-13/h5-6,10,14,16,18H,4,7-9H2,1-3H3,(H,19,20). The van der Waals surface area contributed by atoms with Crippen molar-refractivity contribution in [3.8, 4) is 5.75 Å². The van der Waals surface area contributed by atoms with Crippen LogP contribution in [0.5, 0.6) is 5.75 Å². The number of aryl methyl sites for hydroxylation is 1. The van der Waals surface area contributed by atoms with Crippen LogP contribution < -0.4 is 15.4 Å². The molecule has 1 aliphatic carbocycles. The number of benzene rings is 1. The molecule has 2 unspecified atom stereocenters. The van der Waals surface area contributed by atoms with E-state index in [0.29, 0.717) is 12.5 Å². The van der Waals surface area contributed by atoms with Crippen LogP contribution in [0.3, 0.4) is 0 Å². The lowest BCUT2D eigenvalue weighted by Crippen LogP contribution is -2.44. The quantitative estimate of drug-likeness (QED) is 0.899. The van der Waals surface area contributed by atoms with Crippen molar-refractivity contribution in [2.75, 3.05) is 12.4 Å². The van der Waals surface area contributed by atoms with Crippen molar-refractivity contribution < 1.29 is 9.53 Å². The second-order valence-electron chi connectivity index (χ2n) is 6.82. The number of hydrogen-bond acceptors (Lipinski definition) is 3. The minimum absolute atomic E-state index is 0.101. The van der Waals surface area contributed by atoms with E-state index in [1.807, 2.05) is 19.2 Å². The molecule has 0 spiro atoms. The smallest absolute Gasteiger partial charge is 0.224 e. The van der Waals surface area contributed by atoms with Crippen molar-refractivity contribution >= 4 is 11.6 Å². The van der Waals surface area contributed by atoms with E-state index in [4.69, 9.17) is 4.74 Å². The molecular weight excluding hydrogens is 264 g/mol. The Bertz CT molecular complexity index is 554. The van der Waals surface area contributed by atoms with Crippen LogP contribution in [0.1, 0.15) is 38.7 Å². The van der Waals surface area contributed by atoms with E-state index in [9.17, 15) is 4.79 Å². The number of carbonyl (C=O) groups excluding carboxylic acids is 1.